The highest BCUT2D eigenvalue weighted by Crippen LogP contribution is 2.34. The number of ether oxygens (including phenoxy) is 1. The van der Waals surface area contributed by atoms with Crippen molar-refractivity contribution in [3.63, 3.8) is 0 Å². The smallest absolute Gasteiger partial charge is 0.337 e. The highest BCUT2D eigenvalue weighted by atomic mass is 79.9. The van der Waals surface area contributed by atoms with E-state index in [1.54, 1.807) is 0 Å². The molecule has 0 fully saturated rings. The van der Waals surface area contributed by atoms with E-state index in [1.807, 2.05) is 0 Å². The number of hydrogen-bond donors (Lipinski definition) is 1. The minimum absolute atomic E-state index is 0.104. The van der Waals surface area contributed by atoms with Gasteiger partial charge in [0, 0.05) is 12.3 Å². The molecule has 0 aliphatic rings. The van der Waals surface area contributed by atoms with Crippen LogP contribution < -0.4 is 4.74 Å². The molecule has 7 heteroatoms. The Hall–Kier alpha value is -1.66. The lowest BCUT2D eigenvalue weighted by molar-refractivity contribution is 0.0696. The summed E-state index contributed by atoms with van der Waals surface area (Å²) in [6, 6.07) is 5.09. The molecule has 0 unspecified atom stereocenters. The van der Waals surface area contributed by atoms with Crippen molar-refractivity contribution < 1.29 is 19.0 Å². The van der Waals surface area contributed by atoms with Crippen molar-refractivity contribution in [3.8, 4) is 11.6 Å². The van der Waals surface area contributed by atoms with Gasteiger partial charge in [-0.1, -0.05) is 11.6 Å². The van der Waals surface area contributed by atoms with E-state index in [4.69, 9.17) is 21.4 Å². The quantitative estimate of drug-likeness (QED) is 0.908. The SMILES string of the molecule is O=C(O)c1ccnc(Oc2cc(F)ccc2Br)c1Cl. The van der Waals surface area contributed by atoms with E-state index in [0.717, 1.165) is 6.07 Å². The number of benzene rings is 1. The first-order valence-corrected chi connectivity index (χ1v) is 6.17. The van der Waals surface area contributed by atoms with E-state index >= 15 is 0 Å². The van der Waals surface area contributed by atoms with Crippen LogP contribution in [-0.4, -0.2) is 16.1 Å². The Morgan fingerprint density at radius 1 is 1.42 bits per heavy atom. The van der Waals surface area contributed by atoms with Crippen LogP contribution in [0.15, 0.2) is 34.9 Å². The molecule has 0 saturated heterocycles. The lowest BCUT2D eigenvalue weighted by atomic mass is 10.2. The second-order valence-electron chi connectivity index (χ2n) is 3.46. The monoisotopic (exact) mass is 345 g/mol. The standard InChI is InChI=1S/C12H6BrClFNO3/c13-8-2-1-6(15)5-9(8)19-11-10(14)7(12(17)18)3-4-16-11/h1-5H,(H,17,18). The number of rotatable bonds is 3. The van der Waals surface area contributed by atoms with E-state index in [0.29, 0.717) is 4.47 Å². The van der Waals surface area contributed by atoms with Gasteiger partial charge in [-0.3, -0.25) is 0 Å². The molecule has 1 heterocycles. The van der Waals surface area contributed by atoms with Crippen LogP contribution in [0.5, 0.6) is 11.6 Å². The van der Waals surface area contributed by atoms with Crippen LogP contribution in [0.3, 0.4) is 0 Å². The van der Waals surface area contributed by atoms with Gasteiger partial charge in [-0.15, -0.1) is 0 Å². The number of halogens is 3. The summed E-state index contributed by atoms with van der Waals surface area (Å²) in [4.78, 5) is 14.7. The number of hydrogen-bond acceptors (Lipinski definition) is 3. The van der Waals surface area contributed by atoms with E-state index in [-0.39, 0.29) is 22.2 Å². The maximum atomic E-state index is 13.1. The van der Waals surface area contributed by atoms with Gasteiger partial charge in [-0.2, -0.15) is 0 Å². The van der Waals surface area contributed by atoms with E-state index in [1.165, 1.54) is 24.4 Å². The third-order valence-electron chi connectivity index (χ3n) is 2.19. The third kappa shape index (κ3) is 3.02. The van der Waals surface area contributed by atoms with Gasteiger partial charge in [0.05, 0.1) is 10.0 Å². The van der Waals surface area contributed by atoms with E-state index < -0.39 is 11.8 Å². The van der Waals surface area contributed by atoms with Crippen molar-refractivity contribution in [3.05, 3.63) is 51.3 Å². The van der Waals surface area contributed by atoms with Gasteiger partial charge in [-0.05, 0) is 34.1 Å². The molecule has 19 heavy (non-hydrogen) atoms. The average Bonchev–Trinajstić information content (AvgIpc) is 2.36. The number of aromatic carboxylic acids is 1. The van der Waals surface area contributed by atoms with Crippen LogP contribution in [0, 0.1) is 5.82 Å². The first-order chi connectivity index (χ1) is 8.99. The lowest BCUT2D eigenvalue weighted by Gasteiger charge is -2.09. The zero-order chi connectivity index (χ0) is 14.0. The second kappa shape index (κ2) is 5.54. The molecule has 0 bridgehead atoms. The summed E-state index contributed by atoms with van der Waals surface area (Å²) in [5.41, 5.74) is -0.140. The van der Waals surface area contributed by atoms with Crippen LogP contribution in [0.2, 0.25) is 5.02 Å². The number of pyridine rings is 1. The predicted molar refractivity (Wildman–Crippen MR) is 70.4 cm³/mol. The second-order valence-corrected chi connectivity index (χ2v) is 4.69. The topological polar surface area (TPSA) is 59.4 Å². The summed E-state index contributed by atoms with van der Waals surface area (Å²) < 4.78 is 18.9. The molecule has 0 amide bonds. The molecule has 2 aromatic rings. The van der Waals surface area contributed by atoms with Crippen LogP contribution in [0.25, 0.3) is 0 Å². The molecule has 0 spiro atoms. The zero-order valence-corrected chi connectivity index (χ0v) is 11.6. The summed E-state index contributed by atoms with van der Waals surface area (Å²) in [6.45, 7) is 0. The van der Waals surface area contributed by atoms with E-state index in [2.05, 4.69) is 20.9 Å². The highest BCUT2D eigenvalue weighted by Gasteiger charge is 2.16. The zero-order valence-electron chi connectivity index (χ0n) is 9.23. The summed E-state index contributed by atoms with van der Waals surface area (Å²) in [5, 5.41) is 8.77. The number of nitrogens with zero attached hydrogens (tertiary/aromatic N) is 1. The third-order valence-corrected chi connectivity index (χ3v) is 3.21. The molecule has 98 valence electrons. The minimum Gasteiger partial charge on any atom is -0.478 e. The molecule has 0 aliphatic carbocycles. The Balaban J connectivity index is 2.41. The van der Waals surface area contributed by atoms with Crippen LogP contribution in [-0.2, 0) is 0 Å². The molecule has 0 radical (unpaired) electrons. The maximum absolute atomic E-state index is 13.1. The van der Waals surface area contributed by atoms with Crippen molar-refractivity contribution in [1.29, 1.82) is 0 Å². The summed E-state index contributed by atoms with van der Waals surface area (Å²) in [6.07, 6.45) is 1.25. The van der Waals surface area contributed by atoms with Crippen molar-refractivity contribution in [1.82, 2.24) is 4.98 Å². The fourth-order valence-electron chi connectivity index (χ4n) is 1.32. The van der Waals surface area contributed by atoms with Gasteiger partial charge in [0.2, 0.25) is 5.88 Å². The van der Waals surface area contributed by atoms with Gasteiger partial charge in [0.25, 0.3) is 0 Å². The summed E-state index contributed by atoms with van der Waals surface area (Å²) >= 11 is 9.05. The maximum Gasteiger partial charge on any atom is 0.337 e. The molecule has 0 aliphatic heterocycles. The van der Waals surface area contributed by atoms with Crippen molar-refractivity contribution in [2.45, 2.75) is 0 Å². The van der Waals surface area contributed by atoms with E-state index in [9.17, 15) is 9.18 Å². The van der Waals surface area contributed by atoms with Crippen molar-refractivity contribution in [2.24, 2.45) is 0 Å². The van der Waals surface area contributed by atoms with Crippen molar-refractivity contribution in [2.75, 3.05) is 0 Å². The Kier molecular flexibility index (Phi) is 4.01. The fourth-order valence-corrected chi connectivity index (χ4v) is 1.88. The van der Waals surface area contributed by atoms with Crippen molar-refractivity contribution >= 4 is 33.5 Å². The van der Waals surface area contributed by atoms with Gasteiger partial charge in [-0.25, -0.2) is 14.2 Å². The Bertz CT molecular complexity index is 651. The molecular weight excluding hydrogens is 340 g/mol. The van der Waals surface area contributed by atoms with Crippen LogP contribution in [0.1, 0.15) is 10.4 Å². The Morgan fingerprint density at radius 3 is 2.84 bits per heavy atom. The fraction of sp³-hybridized carbons (Fsp3) is 0. The number of carbonyl (C=O) groups is 1. The normalized spacial score (nSPS) is 10.3. The molecule has 1 N–H and O–H groups in total. The molecule has 0 atom stereocenters. The lowest BCUT2D eigenvalue weighted by Crippen LogP contribution is -2.00. The largest absolute Gasteiger partial charge is 0.478 e. The molecule has 4 nitrogen and oxygen atoms in total. The Morgan fingerprint density at radius 2 is 2.16 bits per heavy atom. The summed E-state index contributed by atoms with van der Waals surface area (Å²) in [5.74, 6) is -1.65. The molecular formula is C12H6BrClFNO3. The number of carboxylic acids is 1. The predicted octanol–water partition coefficient (Wildman–Crippen LogP) is 4.13. The number of carboxylic acid groups (broad SMARTS) is 1. The Labute approximate surface area is 120 Å². The number of aromatic nitrogens is 1. The average molecular weight is 347 g/mol. The molecule has 1 aromatic heterocycles. The minimum atomic E-state index is -1.20. The summed E-state index contributed by atoms with van der Waals surface area (Å²) in [7, 11) is 0. The van der Waals surface area contributed by atoms with Gasteiger partial charge < -0.3 is 9.84 Å². The van der Waals surface area contributed by atoms with Gasteiger partial charge >= 0.3 is 5.97 Å². The van der Waals surface area contributed by atoms with Crippen LogP contribution >= 0.6 is 27.5 Å². The highest BCUT2D eigenvalue weighted by molar-refractivity contribution is 9.10. The first kappa shape index (κ1) is 13.8. The molecule has 2 rings (SSSR count). The van der Waals surface area contributed by atoms with Crippen LogP contribution in [0.4, 0.5) is 4.39 Å². The first-order valence-electron chi connectivity index (χ1n) is 4.99. The van der Waals surface area contributed by atoms with Gasteiger partial charge in [0.15, 0.2) is 0 Å². The molecule has 1 aromatic carbocycles. The molecule has 0 saturated carbocycles. The van der Waals surface area contributed by atoms with Gasteiger partial charge in [0.1, 0.15) is 16.6 Å².